The molecule has 1 aliphatic rings. The SMILES string of the molecule is O=C(O)[C@@H]1C[C@H](O)CN1C(=O)c1ccncc1O. The van der Waals surface area contributed by atoms with Gasteiger partial charge in [0, 0.05) is 19.2 Å². The number of carboxylic acids is 1. The molecule has 0 unspecified atom stereocenters. The van der Waals surface area contributed by atoms with Gasteiger partial charge in [0.25, 0.3) is 5.91 Å². The highest BCUT2D eigenvalue weighted by Crippen LogP contribution is 2.24. The first-order valence-electron chi connectivity index (χ1n) is 5.35. The van der Waals surface area contributed by atoms with Gasteiger partial charge in [-0.1, -0.05) is 0 Å². The predicted molar refractivity (Wildman–Crippen MR) is 59.0 cm³/mol. The van der Waals surface area contributed by atoms with E-state index in [0.29, 0.717) is 0 Å². The number of carboxylic acid groups (broad SMARTS) is 1. The maximum atomic E-state index is 12.1. The summed E-state index contributed by atoms with van der Waals surface area (Å²) in [5.41, 5.74) is -0.0228. The zero-order valence-electron chi connectivity index (χ0n) is 9.35. The Morgan fingerprint density at radius 1 is 1.44 bits per heavy atom. The average Bonchev–Trinajstić information content (AvgIpc) is 2.71. The Bertz CT molecular complexity index is 490. The Balaban J connectivity index is 2.28. The minimum atomic E-state index is -1.17. The van der Waals surface area contributed by atoms with Crippen LogP contribution in [0, 0.1) is 0 Å². The molecule has 7 nitrogen and oxygen atoms in total. The number of likely N-dealkylation sites (tertiary alicyclic amines) is 1. The van der Waals surface area contributed by atoms with Crippen LogP contribution < -0.4 is 0 Å². The summed E-state index contributed by atoms with van der Waals surface area (Å²) in [6, 6.07) is 0.237. The van der Waals surface area contributed by atoms with Gasteiger partial charge in [-0.3, -0.25) is 9.78 Å². The van der Waals surface area contributed by atoms with Crippen LogP contribution in [0.5, 0.6) is 5.75 Å². The fourth-order valence-electron chi connectivity index (χ4n) is 1.99. The van der Waals surface area contributed by atoms with E-state index in [0.717, 1.165) is 11.1 Å². The van der Waals surface area contributed by atoms with Gasteiger partial charge in [-0.2, -0.15) is 0 Å². The van der Waals surface area contributed by atoms with E-state index in [1.807, 2.05) is 0 Å². The number of amides is 1. The molecular weight excluding hydrogens is 240 g/mol. The quantitative estimate of drug-likeness (QED) is 0.651. The molecule has 1 fully saturated rings. The number of rotatable bonds is 2. The van der Waals surface area contributed by atoms with Crippen molar-refractivity contribution in [2.24, 2.45) is 0 Å². The number of pyridine rings is 1. The van der Waals surface area contributed by atoms with Crippen molar-refractivity contribution in [3.8, 4) is 5.75 Å². The van der Waals surface area contributed by atoms with Crippen LogP contribution in [0.3, 0.4) is 0 Å². The van der Waals surface area contributed by atoms with Crippen LogP contribution in [-0.2, 0) is 4.79 Å². The van der Waals surface area contributed by atoms with Crippen molar-refractivity contribution >= 4 is 11.9 Å². The van der Waals surface area contributed by atoms with E-state index in [-0.39, 0.29) is 24.3 Å². The van der Waals surface area contributed by atoms with Gasteiger partial charge in [0.05, 0.1) is 17.9 Å². The summed E-state index contributed by atoms with van der Waals surface area (Å²) in [7, 11) is 0. The first kappa shape index (κ1) is 12.3. The number of β-amino-alcohol motifs (C(OH)–C–C–N with tert-alkyl or cyclic N) is 1. The molecule has 7 heteroatoms. The molecule has 1 aliphatic heterocycles. The molecule has 3 N–H and O–H groups in total. The largest absolute Gasteiger partial charge is 0.505 e. The normalized spacial score (nSPS) is 23.1. The number of carbonyl (C=O) groups excluding carboxylic acids is 1. The van der Waals surface area contributed by atoms with Crippen LogP contribution in [0.2, 0.25) is 0 Å². The van der Waals surface area contributed by atoms with E-state index < -0.39 is 24.0 Å². The molecule has 1 aromatic heterocycles. The number of hydrogen-bond acceptors (Lipinski definition) is 5. The summed E-state index contributed by atoms with van der Waals surface area (Å²) < 4.78 is 0. The summed E-state index contributed by atoms with van der Waals surface area (Å²) in [5, 5.41) is 28.0. The molecule has 0 saturated carbocycles. The molecular formula is C11H12N2O5. The van der Waals surface area contributed by atoms with E-state index in [9.17, 15) is 19.8 Å². The number of aliphatic hydroxyl groups excluding tert-OH is 1. The molecule has 18 heavy (non-hydrogen) atoms. The van der Waals surface area contributed by atoms with E-state index in [1.165, 1.54) is 12.3 Å². The highest BCUT2D eigenvalue weighted by Gasteiger charge is 2.39. The van der Waals surface area contributed by atoms with Crippen LogP contribution in [0.1, 0.15) is 16.8 Å². The van der Waals surface area contributed by atoms with E-state index in [4.69, 9.17) is 5.11 Å². The molecule has 2 atom stereocenters. The van der Waals surface area contributed by atoms with Gasteiger partial charge in [0.2, 0.25) is 0 Å². The standard InChI is InChI=1S/C11H12N2O5/c14-6-3-8(11(17)18)13(5-6)10(16)7-1-2-12-4-9(7)15/h1-2,4,6,8,14-15H,3,5H2,(H,17,18)/t6-,8-/m0/s1. The second-order valence-corrected chi connectivity index (χ2v) is 4.09. The number of aromatic nitrogens is 1. The summed E-state index contributed by atoms with van der Waals surface area (Å²) in [4.78, 5) is 27.8. The fraction of sp³-hybridized carbons (Fsp3) is 0.364. The number of aliphatic hydroxyl groups is 1. The molecule has 0 aliphatic carbocycles. The van der Waals surface area contributed by atoms with E-state index in [1.54, 1.807) is 0 Å². The Kier molecular flexibility index (Phi) is 3.15. The molecule has 0 radical (unpaired) electrons. The molecule has 0 aromatic carbocycles. The molecule has 96 valence electrons. The average molecular weight is 252 g/mol. The zero-order chi connectivity index (χ0) is 13.3. The van der Waals surface area contributed by atoms with Crippen molar-refractivity contribution in [2.45, 2.75) is 18.6 Å². The number of hydrogen-bond donors (Lipinski definition) is 3. The number of aliphatic carboxylic acids is 1. The predicted octanol–water partition coefficient (Wildman–Crippen LogP) is -0.553. The first-order valence-corrected chi connectivity index (χ1v) is 5.35. The minimum absolute atomic E-state index is 0.00702. The van der Waals surface area contributed by atoms with Crippen LogP contribution in [0.25, 0.3) is 0 Å². The summed E-state index contributed by atoms with van der Waals surface area (Å²) in [5.74, 6) is -2.11. The third-order valence-electron chi connectivity index (χ3n) is 2.86. The van der Waals surface area contributed by atoms with Gasteiger partial charge in [-0.05, 0) is 6.07 Å². The third-order valence-corrected chi connectivity index (χ3v) is 2.86. The van der Waals surface area contributed by atoms with Gasteiger partial charge < -0.3 is 20.2 Å². The molecule has 1 saturated heterocycles. The van der Waals surface area contributed by atoms with Gasteiger partial charge in [0.15, 0.2) is 0 Å². The molecule has 2 heterocycles. The Morgan fingerprint density at radius 2 is 2.17 bits per heavy atom. The van der Waals surface area contributed by atoms with Crippen molar-refractivity contribution in [1.29, 1.82) is 0 Å². The van der Waals surface area contributed by atoms with Crippen LogP contribution in [0.15, 0.2) is 18.5 Å². The maximum Gasteiger partial charge on any atom is 0.326 e. The monoisotopic (exact) mass is 252 g/mol. The number of aromatic hydroxyl groups is 1. The minimum Gasteiger partial charge on any atom is -0.505 e. The third kappa shape index (κ3) is 2.12. The smallest absolute Gasteiger partial charge is 0.326 e. The lowest BCUT2D eigenvalue weighted by Crippen LogP contribution is -2.40. The molecule has 0 bridgehead atoms. The zero-order valence-corrected chi connectivity index (χ0v) is 9.35. The molecule has 0 spiro atoms. The van der Waals surface area contributed by atoms with Gasteiger partial charge in [-0.15, -0.1) is 0 Å². The summed E-state index contributed by atoms with van der Waals surface area (Å²) in [6.07, 6.45) is 1.57. The van der Waals surface area contributed by atoms with Crippen molar-refractivity contribution in [1.82, 2.24) is 9.88 Å². The molecule has 1 aromatic rings. The molecule has 2 rings (SSSR count). The summed E-state index contributed by atoms with van der Waals surface area (Å²) in [6.45, 7) is -0.0580. The number of carbonyl (C=O) groups is 2. The second-order valence-electron chi connectivity index (χ2n) is 4.09. The van der Waals surface area contributed by atoms with E-state index >= 15 is 0 Å². The van der Waals surface area contributed by atoms with Crippen molar-refractivity contribution in [3.05, 3.63) is 24.0 Å². The van der Waals surface area contributed by atoms with Crippen molar-refractivity contribution in [3.63, 3.8) is 0 Å². The highest BCUT2D eigenvalue weighted by molar-refractivity contribution is 5.99. The van der Waals surface area contributed by atoms with E-state index in [2.05, 4.69) is 4.98 Å². The van der Waals surface area contributed by atoms with Gasteiger partial charge >= 0.3 is 5.97 Å². The van der Waals surface area contributed by atoms with Crippen LogP contribution in [0.4, 0.5) is 0 Å². The number of nitrogens with zero attached hydrogens (tertiary/aromatic N) is 2. The first-order chi connectivity index (χ1) is 8.50. The van der Waals surface area contributed by atoms with Crippen LogP contribution >= 0.6 is 0 Å². The Labute approximate surface area is 102 Å². The highest BCUT2D eigenvalue weighted by atomic mass is 16.4. The Hall–Kier alpha value is -2.15. The molecule has 1 amide bonds. The lowest BCUT2D eigenvalue weighted by Gasteiger charge is -2.21. The van der Waals surface area contributed by atoms with Gasteiger partial charge in [-0.25, -0.2) is 4.79 Å². The topological polar surface area (TPSA) is 111 Å². The van der Waals surface area contributed by atoms with Crippen molar-refractivity contribution in [2.75, 3.05) is 6.54 Å². The Morgan fingerprint density at radius 3 is 2.78 bits per heavy atom. The lowest BCUT2D eigenvalue weighted by molar-refractivity contribution is -0.141. The maximum absolute atomic E-state index is 12.1. The summed E-state index contributed by atoms with van der Waals surface area (Å²) >= 11 is 0. The van der Waals surface area contributed by atoms with Gasteiger partial charge in [0.1, 0.15) is 11.8 Å². The second kappa shape index (κ2) is 4.61. The van der Waals surface area contributed by atoms with Crippen molar-refractivity contribution < 1.29 is 24.9 Å². The van der Waals surface area contributed by atoms with Crippen LogP contribution in [-0.4, -0.2) is 55.8 Å². The fourth-order valence-corrected chi connectivity index (χ4v) is 1.99. The lowest BCUT2D eigenvalue weighted by atomic mass is 10.2.